The Balaban J connectivity index is 1.92. The first-order valence-corrected chi connectivity index (χ1v) is 8.66. The number of hydrogen-bond donors (Lipinski definition) is 1. The number of benzene rings is 2. The SMILES string of the molecule is CC(C)OC(=O)c1ccc(NC(=O)COc2ccc(Br)cc2C=O)cc1. The van der Waals surface area contributed by atoms with Crippen molar-refractivity contribution < 1.29 is 23.9 Å². The monoisotopic (exact) mass is 419 g/mol. The number of hydrogen-bond acceptors (Lipinski definition) is 5. The van der Waals surface area contributed by atoms with E-state index in [0.29, 0.717) is 28.8 Å². The molecule has 26 heavy (non-hydrogen) atoms. The van der Waals surface area contributed by atoms with Gasteiger partial charge in [0.1, 0.15) is 5.75 Å². The summed E-state index contributed by atoms with van der Waals surface area (Å²) in [5, 5.41) is 2.65. The highest BCUT2D eigenvalue weighted by Crippen LogP contribution is 2.21. The van der Waals surface area contributed by atoms with Crippen LogP contribution < -0.4 is 10.1 Å². The van der Waals surface area contributed by atoms with E-state index in [1.165, 1.54) is 0 Å². The second-order valence-corrected chi connectivity index (χ2v) is 6.58. The van der Waals surface area contributed by atoms with E-state index in [1.54, 1.807) is 56.3 Å². The number of anilines is 1. The predicted molar refractivity (Wildman–Crippen MR) is 101 cm³/mol. The summed E-state index contributed by atoms with van der Waals surface area (Å²) in [7, 11) is 0. The molecule has 0 saturated heterocycles. The van der Waals surface area contributed by atoms with E-state index in [4.69, 9.17) is 9.47 Å². The Bertz CT molecular complexity index is 802. The van der Waals surface area contributed by atoms with E-state index in [0.717, 1.165) is 4.47 Å². The summed E-state index contributed by atoms with van der Waals surface area (Å²) in [5.74, 6) is -0.481. The summed E-state index contributed by atoms with van der Waals surface area (Å²) in [6, 6.07) is 11.3. The number of esters is 1. The van der Waals surface area contributed by atoms with Crippen molar-refractivity contribution in [3.63, 3.8) is 0 Å². The van der Waals surface area contributed by atoms with Crippen molar-refractivity contribution in [3.8, 4) is 5.75 Å². The molecule has 0 fully saturated rings. The number of nitrogens with one attached hydrogen (secondary N) is 1. The van der Waals surface area contributed by atoms with Gasteiger partial charge in [0, 0.05) is 10.2 Å². The third-order valence-electron chi connectivity index (χ3n) is 3.20. The Morgan fingerprint density at radius 3 is 2.46 bits per heavy atom. The molecule has 6 nitrogen and oxygen atoms in total. The number of amides is 1. The smallest absolute Gasteiger partial charge is 0.338 e. The first-order chi connectivity index (χ1) is 12.4. The van der Waals surface area contributed by atoms with Crippen LogP contribution in [0.25, 0.3) is 0 Å². The van der Waals surface area contributed by atoms with Crippen LogP contribution in [0.3, 0.4) is 0 Å². The Labute approximate surface area is 159 Å². The van der Waals surface area contributed by atoms with Gasteiger partial charge in [-0.25, -0.2) is 4.79 Å². The third kappa shape index (κ3) is 5.70. The molecule has 0 aromatic heterocycles. The van der Waals surface area contributed by atoms with Crippen LogP contribution in [0.5, 0.6) is 5.75 Å². The lowest BCUT2D eigenvalue weighted by Crippen LogP contribution is -2.20. The minimum Gasteiger partial charge on any atom is -0.483 e. The molecule has 0 unspecified atom stereocenters. The standard InChI is InChI=1S/C19H18BrNO5/c1-12(2)26-19(24)13-3-6-16(7-4-13)21-18(23)11-25-17-8-5-15(20)9-14(17)10-22/h3-10,12H,11H2,1-2H3,(H,21,23). The van der Waals surface area contributed by atoms with Gasteiger partial charge in [-0.15, -0.1) is 0 Å². The minimum atomic E-state index is -0.419. The van der Waals surface area contributed by atoms with Crippen molar-refractivity contribution in [1.82, 2.24) is 0 Å². The summed E-state index contributed by atoms with van der Waals surface area (Å²) >= 11 is 3.26. The van der Waals surface area contributed by atoms with Crippen LogP contribution in [0, 0.1) is 0 Å². The van der Waals surface area contributed by atoms with Gasteiger partial charge in [0.25, 0.3) is 5.91 Å². The van der Waals surface area contributed by atoms with Crippen LogP contribution in [0.15, 0.2) is 46.9 Å². The molecule has 2 aromatic carbocycles. The molecule has 7 heteroatoms. The summed E-state index contributed by atoms with van der Waals surface area (Å²) in [4.78, 5) is 34.8. The van der Waals surface area contributed by atoms with Gasteiger partial charge in [0.15, 0.2) is 12.9 Å². The van der Waals surface area contributed by atoms with Gasteiger partial charge in [-0.1, -0.05) is 15.9 Å². The van der Waals surface area contributed by atoms with Crippen molar-refractivity contribution in [1.29, 1.82) is 0 Å². The lowest BCUT2D eigenvalue weighted by atomic mass is 10.2. The van der Waals surface area contributed by atoms with Crippen LogP contribution in [0.1, 0.15) is 34.6 Å². The van der Waals surface area contributed by atoms with Gasteiger partial charge < -0.3 is 14.8 Å². The molecule has 1 N–H and O–H groups in total. The fourth-order valence-electron chi connectivity index (χ4n) is 2.05. The maximum atomic E-state index is 12.0. The molecular formula is C19H18BrNO5. The van der Waals surface area contributed by atoms with E-state index in [2.05, 4.69) is 21.2 Å². The second kappa shape index (κ2) is 9.15. The minimum absolute atomic E-state index is 0.200. The number of rotatable bonds is 7. The molecule has 136 valence electrons. The summed E-state index contributed by atoms with van der Waals surface area (Å²) in [5.41, 5.74) is 1.27. The zero-order valence-corrected chi connectivity index (χ0v) is 15.9. The Hall–Kier alpha value is -2.67. The van der Waals surface area contributed by atoms with E-state index >= 15 is 0 Å². The van der Waals surface area contributed by atoms with Crippen molar-refractivity contribution in [2.75, 3.05) is 11.9 Å². The van der Waals surface area contributed by atoms with Crippen LogP contribution in [-0.4, -0.2) is 30.9 Å². The van der Waals surface area contributed by atoms with Crippen molar-refractivity contribution in [3.05, 3.63) is 58.1 Å². The Kier molecular flexibility index (Phi) is 6.91. The average Bonchev–Trinajstić information content (AvgIpc) is 2.60. The Morgan fingerprint density at radius 2 is 1.85 bits per heavy atom. The first kappa shape index (κ1) is 19.7. The van der Waals surface area contributed by atoms with Crippen LogP contribution >= 0.6 is 15.9 Å². The largest absolute Gasteiger partial charge is 0.483 e. The lowest BCUT2D eigenvalue weighted by molar-refractivity contribution is -0.118. The average molecular weight is 420 g/mol. The highest BCUT2D eigenvalue weighted by Gasteiger charge is 2.10. The fourth-order valence-corrected chi connectivity index (χ4v) is 2.43. The zero-order valence-electron chi connectivity index (χ0n) is 14.3. The summed E-state index contributed by atoms with van der Waals surface area (Å²) in [6.45, 7) is 3.29. The molecule has 0 radical (unpaired) electrons. The second-order valence-electron chi connectivity index (χ2n) is 5.67. The molecule has 0 atom stereocenters. The highest BCUT2D eigenvalue weighted by molar-refractivity contribution is 9.10. The van der Waals surface area contributed by atoms with Crippen LogP contribution in [0.4, 0.5) is 5.69 Å². The van der Waals surface area contributed by atoms with Gasteiger partial charge >= 0.3 is 5.97 Å². The number of halogens is 1. The van der Waals surface area contributed by atoms with Crippen molar-refractivity contribution in [2.45, 2.75) is 20.0 Å². The van der Waals surface area contributed by atoms with E-state index in [9.17, 15) is 14.4 Å². The summed E-state index contributed by atoms with van der Waals surface area (Å²) in [6.07, 6.45) is 0.460. The molecule has 0 heterocycles. The van der Waals surface area contributed by atoms with Gasteiger partial charge in [-0.3, -0.25) is 9.59 Å². The molecule has 0 aliphatic heterocycles. The normalized spacial score (nSPS) is 10.3. The molecule has 0 aliphatic carbocycles. The number of aldehydes is 1. The van der Waals surface area contributed by atoms with Gasteiger partial charge in [-0.2, -0.15) is 0 Å². The molecule has 2 aromatic rings. The molecular weight excluding hydrogens is 402 g/mol. The van der Waals surface area contributed by atoms with Gasteiger partial charge in [-0.05, 0) is 56.3 Å². The van der Waals surface area contributed by atoms with E-state index < -0.39 is 5.97 Å². The quantitative estimate of drug-likeness (QED) is 0.544. The van der Waals surface area contributed by atoms with Gasteiger partial charge in [0.05, 0.1) is 17.2 Å². The molecule has 1 amide bonds. The maximum absolute atomic E-state index is 12.0. The lowest BCUT2D eigenvalue weighted by Gasteiger charge is -2.10. The Morgan fingerprint density at radius 1 is 1.15 bits per heavy atom. The fraction of sp³-hybridized carbons (Fsp3) is 0.211. The van der Waals surface area contributed by atoms with E-state index in [-0.39, 0.29) is 18.6 Å². The van der Waals surface area contributed by atoms with E-state index in [1.807, 2.05) is 0 Å². The highest BCUT2D eigenvalue weighted by atomic mass is 79.9. The number of carbonyl (C=O) groups excluding carboxylic acids is 3. The summed E-state index contributed by atoms with van der Waals surface area (Å²) < 4.78 is 11.2. The molecule has 0 bridgehead atoms. The predicted octanol–water partition coefficient (Wildman–Crippen LogP) is 3.84. The molecule has 0 spiro atoms. The maximum Gasteiger partial charge on any atom is 0.338 e. The molecule has 0 aliphatic rings. The number of ether oxygens (including phenoxy) is 2. The van der Waals surface area contributed by atoms with Crippen molar-refractivity contribution >= 4 is 39.8 Å². The first-order valence-electron chi connectivity index (χ1n) is 7.87. The zero-order chi connectivity index (χ0) is 19.1. The van der Waals surface area contributed by atoms with Gasteiger partial charge in [0.2, 0.25) is 0 Å². The number of carbonyl (C=O) groups is 3. The van der Waals surface area contributed by atoms with Crippen LogP contribution in [0.2, 0.25) is 0 Å². The van der Waals surface area contributed by atoms with Crippen molar-refractivity contribution in [2.24, 2.45) is 0 Å². The van der Waals surface area contributed by atoms with Crippen LogP contribution in [-0.2, 0) is 9.53 Å². The third-order valence-corrected chi connectivity index (χ3v) is 3.70. The topological polar surface area (TPSA) is 81.7 Å². The molecule has 2 rings (SSSR count). The molecule has 0 saturated carbocycles.